The van der Waals surface area contributed by atoms with Gasteiger partial charge in [-0.15, -0.1) is 0 Å². The van der Waals surface area contributed by atoms with Gasteiger partial charge in [-0.1, -0.05) is 106 Å². The number of ether oxygens (including phenoxy) is 1. The summed E-state index contributed by atoms with van der Waals surface area (Å²) in [5.41, 5.74) is 0. The third-order valence-electron chi connectivity index (χ3n) is 1.74. The highest BCUT2D eigenvalue weighted by Gasteiger charge is 1.95. The zero-order valence-corrected chi connectivity index (χ0v) is 18.6. The molecular weight excluding hydrogens is 292 g/mol. The van der Waals surface area contributed by atoms with Crippen molar-refractivity contribution in [2.45, 2.75) is 88.5 Å². The molecule has 0 atom stereocenters. The minimum Gasteiger partial charge on any atom is -0.381 e. The highest BCUT2D eigenvalue weighted by Crippen LogP contribution is 2.02. The second kappa shape index (κ2) is 33.7. The van der Waals surface area contributed by atoms with E-state index in [1.165, 1.54) is 19.3 Å². The first-order valence-corrected chi connectivity index (χ1v) is 10.0. The Balaban J connectivity index is -0.000000106. The van der Waals surface area contributed by atoms with E-state index in [0.717, 1.165) is 25.0 Å². The lowest BCUT2D eigenvalue weighted by Gasteiger charge is -2.08. The van der Waals surface area contributed by atoms with Crippen molar-refractivity contribution >= 4 is 0 Å². The Labute approximate surface area is 155 Å². The fraction of sp³-hybridized carbons (Fsp3) is 0.739. The van der Waals surface area contributed by atoms with Crippen molar-refractivity contribution in [1.29, 1.82) is 0 Å². The molecule has 1 aliphatic rings. The maximum absolute atomic E-state index is 5.07. The van der Waals surface area contributed by atoms with Gasteiger partial charge in [-0.25, -0.2) is 0 Å². The van der Waals surface area contributed by atoms with Crippen LogP contribution in [-0.2, 0) is 4.74 Å². The molecule has 0 unspecified atom stereocenters. The summed E-state index contributed by atoms with van der Waals surface area (Å²) in [6, 6.07) is 12.0. The summed E-state index contributed by atoms with van der Waals surface area (Å²) in [5.74, 6) is 1.67. The van der Waals surface area contributed by atoms with Gasteiger partial charge in [-0.3, -0.25) is 0 Å². The average Bonchev–Trinajstić information content (AvgIpc) is 2.61. The summed E-state index contributed by atoms with van der Waals surface area (Å²) in [6.07, 6.45) is 3.93. The van der Waals surface area contributed by atoms with Gasteiger partial charge in [0.05, 0.1) is 0 Å². The van der Waals surface area contributed by atoms with Crippen molar-refractivity contribution in [1.82, 2.24) is 0 Å². The molecule has 1 aromatic carbocycles. The van der Waals surface area contributed by atoms with Gasteiger partial charge < -0.3 is 4.74 Å². The quantitative estimate of drug-likeness (QED) is 0.462. The summed E-state index contributed by atoms with van der Waals surface area (Å²) in [4.78, 5) is 0. The molecule has 0 N–H and O–H groups in total. The van der Waals surface area contributed by atoms with E-state index in [9.17, 15) is 0 Å². The second-order valence-electron chi connectivity index (χ2n) is 6.29. The Morgan fingerprint density at radius 2 is 0.708 bits per heavy atom. The molecule has 0 aromatic heterocycles. The molecule has 0 radical (unpaired) electrons. The molecule has 1 heteroatoms. The Bertz CT molecular complexity index is 188. The average molecular weight is 341 g/mol. The second-order valence-corrected chi connectivity index (χ2v) is 6.29. The molecule has 1 aliphatic heterocycles. The molecule has 146 valence electrons. The molecule has 0 aliphatic carbocycles. The summed E-state index contributed by atoms with van der Waals surface area (Å²) in [7, 11) is 0. The standard InChI is InChI=1S/C6H6.C5H10O.2C4H10.2C2H6/c2*1-2-4-6-5-3-1;2*1-4(2)3;2*1-2/h1-6H;1-5H2;2*4H,1-3H3;2*1-2H3. The van der Waals surface area contributed by atoms with E-state index in [1.807, 2.05) is 64.1 Å². The lowest BCUT2D eigenvalue weighted by atomic mass is 10.2. The minimum absolute atomic E-state index is 0.833. The highest BCUT2D eigenvalue weighted by atomic mass is 16.5. The zero-order valence-electron chi connectivity index (χ0n) is 18.6. The molecule has 0 amide bonds. The van der Waals surface area contributed by atoms with Crippen LogP contribution in [0.15, 0.2) is 36.4 Å². The van der Waals surface area contributed by atoms with Crippen molar-refractivity contribution in [3.63, 3.8) is 0 Å². The molecular formula is C23H48O. The number of hydrogen-bond donors (Lipinski definition) is 0. The fourth-order valence-electron chi connectivity index (χ4n) is 1.07. The lowest BCUT2D eigenvalue weighted by molar-refractivity contribution is 0.0968. The molecule has 0 bridgehead atoms. The Hall–Kier alpha value is -0.820. The molecule has 0 spiro atoms. The van der Waals surface area contributed by atoms with E-state index in [1.54, 1.807) is 0 Å². The van der Waals surface area contributed by atoms with Gasteiger partial charge in [0, 0.05) is 13.2 Å². The van der Waals surface area contributed by atoms with Crippen LogP contribution in [0.25, 0.3) is 0 Å². The van der Waals surface area contributed by atoms with Crippen molar-refractivity contribution < 1.29 is 4.74 Å². The Kier molecular flexibility index (Phi) is 43.5. The third kappa shape index (κ3) is 69.0. The van der Waals surface area contributed by atoms with Crippen LogP contribution >= 0.6 is 0 Å². The molecule has 1 saturated heterocycles. The topological polar surface area (TPSA) is 9.23 Å². The van der Waals surface area contributed by atoms with Crippen molar-refractivity contribution in [3.8, 4) is 0 Å². The maximum Gasteiger partial charge on any atom is 0.0466 e. The van der Waals surface area contributed by atoms with Crippen LogP contribution in [-0.4, -0.2) is 13.2 Å². The third-order valence-corrected chi connectivity index (χ3v) is 1.74. The van der Waals surface area contributed by atoms with E-state index in [2.05, 4.69) is 41.5 Å². The molecule has 1 fully saturated rings. The molecule has 0 saturated carbocycles. The van der Waals surface area contributed by atoms with Crippen molar-refractivity contribution in [2.75, 3.05) is 13.2 Å². The molecule has 24 heavy (non-hydrogen) atoms. The normalized spacial score (nSPS) is 11.5. The van der Waals surface area contributed by atoms with E-state index in [-0.39, 0.29) is 0 Å². The molecule has 2 rings (SSSR count). The van der Waals surface area contributed by atoms with E-state index in [0.29, 0.717) is 0 Å². The lowest BCUT2D eigenvalue weighted by Crippen LogP contribution is -2.03. The summed E-state index contributed by atoms with van der Waals surface area (Å²) in [5, 5.41) is 0. The first-order chi connectivity index (χ1) is 11.5. The SMILES string of the molecule is C1CCOCC1.CC.CC.CC(C)C.CC(C)C.c1ccccc1. The number of benzene rings is 1. The van der Waals surface area contributed by atoms with Gasteiger partial charge >= 0.3 is 0 Å². The van der Waals surface area contributed by atoms with Crippen LogP contribution in [0.2, 0.25) is 0 Å². The molecule has 1 heterocycles. The van der Waals surface area contributed by atoms with Crippen molar-refractivity contribution in [3.05, 3.63) is 36.4 Å². The number of rotatable bonds is 0. The number of hydrogen-bond acceptors (Lipinski definition) is 1. The van der Waals surface area contributed by atoms with Crippen LogP contribution in [0, 0.1) is 11.8 Å². The van der Waals surface area contributed by atoms with Crippen molar-refractivity contribution in [2.24, 2.45) is 11.8 Å². The van der Waals surface area contributed by atoms with Gasteiger partial charge in [0.25, 0.3) is 0 Å². The highest BCUT2D eigenvalue weighted by molar-refractivity contribution is 4.99. The van der Waals surface area contributed by atoms with Gasteiger partial charge in [0.15, 0.2) is 0 Å². The van der Waals surface area contributed by atoms with Gasteiger partial charge in [0.1, 0.15) is 0 Å². The van der Waals surface area contributed by atoms with Crippen LogP contribution in [0.4, 0.5) is 0 Å². The summed E-state index contributed by atoms with van der Waals surface area (Å²) < 4.78 is 5.07. The monoisotopic (exact) mass is 340 g/mol. The van der Waals surface area contributed by atoms with Gasteiger partial charge in [0.2, 0.25) is 0 Å². The first kappa shape index (κ1) is 31.0. The van der Waals surface area contributed by atoms with Crippen LogP contribution in [0.3, 0.4) is 0 Å². The predicted octanol–water partition coefficient (Wildman–Crippen LogP) is 8.25. The van der Waals surface area contributed by atoms with Gasteiger partial charge in [-0.05, 0) is 31.1 Å². The molecule has 1 nitrogen and oxygen atoms in total. The Morgan fingerprint density at radius 1 is 0.500 bits per heavy atom. The summed E-state index contributed by atoms with van der Waals surface area (Å²) in [6.45, 7) is 23.0. The predicted molar refractivity (Wildman–Crippen MR) is 115 cm³/mol. The zero-order chi connectivity index (χ0) is 19.6. The van der Waals surface area contributed by atoms with Crippen LogP contribution in [0.1, 0.15) is 88.5 Å². The summed E-state index contributed by atoms with van der Waals surface area (Å²) >= 11 is 0. The van der Waals surface area contributed by atoms with E-state index in [4.69, 9.17) is 4.74 Å². The van der Waals surface area contributed by atoms with Crippen LogP contribution < -0.4 is 0 Å². The maximum atomic E-state index is 5.07. The molecule has 1 aromatic rings. The Morgan fingerprint density at radius 3 is 0.792 bits per heavy atom. The minimum atomic E-state index is 0.833. The largest absolute Gasteiger partial charge is 0.381 e. The smallest absolute Gasteiger partial charge is 0.0466 e. The first-order valence-electron chi connectivity index (χ1n) is 10.0. The van der Waals surface area contributed by atoms with Crippen LogP contribution in [0.5, 0.6) is 0 Å². The van der Waals surface area contributed by atoms with E-state index < -0.39 is 0 Å². The van der Waals surface area contributed by atoms with Gasteiger partial charge in [-0.2, -0.15) is 0 Å². The fourth-order valence-corrected chi connectivity index (χ4v) is 1.07. The van der Waals surface area contributed by atoms with E-state index >= 15 is 0 Å².